The second-order valence-corrected chi connectivity index (χ2v) is 5.24. The molecule has 0 unspecified atom stereocenters. The molecule has 0 atom stereocenters. The van der Waals surface area contributed by atoms with Gasteiger partial charge in [-0.1, -0.05) is 5.16 Å². The maximum absolute atomic E-state index is 5.23. The molecular formula is C13H14N4O2. The zero-order chi connectivity index (χ0) is 13.5. The Morgan fingerprint density at radius 3 is 2.74 bits per heavy atom. The fourth-order valence-electron chi connectivity index (χ4n) is 1.65. The van der Waals surface area contributed by atoms with Crippen LogP contribution in [0, 0.1) is 0 Å². The van der Waals surface area contributed by atoms with Gasteiger partial charge in [0.15, 0.2) is 5.76 Å². The van der Waals surface area contributed by atoms with Crippen molar-refractivity contribution in [1.29, 1.82) is 0 Å². The van der Waals surface area contributed by atoms with Gasteiger partial charge < -0.3 is 8.94 Å². The minimum atomic E-state index is -0.0812. The zero-order valence-corrected chi connectivity index (χ0v) is 11.0. The number of aromatic nitrogens is 4. The molecule has 6 heteroatoms. The third-order valence-electron chi connectivity index (χ3n) is 2.68. The van der Waals surface area contributed by atoms with Crippen LogP contribution in [-0.4, -0.2) is 19.9 Å². The quantitative estimate of drug-likeness (QED) is 0.706. The predicted molar refractivity (Wildman–Crippen MR) is 68.2 cm³/mol. The van der Waals surface area contributed by atoms with Crippen LogP contribution in [0.15, 0.2) is 39.7 Å². The Morgan fingerprint density at radius 2 is 2.11 bits per heavy atom. The van der Waals surface area contributed by atoms with Crippen LogP contribution in [-0.2, 0) is 5.54 Å². The minimum Gasteiger partial charge on any atom is -0.461 e. The predicted octanol–water partition coefficient (Wildman–Crippen LogP) is 2.95. The van der Waals surface area contributed by atoms with E-state index in [9.17, 15) is 0 Å². The number of rotatable bonds is 2. The standard InChI is InChI=1S/C13H14N4O2/c1-13(2,3)17-8-9(7-14-17)12-15-11(16-19-12)10-5-4-6-18-10/h4-8H,1-3H3. The summed E-state index contributed by atoms with van der Waals surface area (Å²) >= 11 is 0. The molecule has 3 rings (SSSR count). The molecular weight excluding hydrogens is 244 g/mol. The van der Waals surface area contributed by atoms with E-state index in [-0.39, 0.29) is 5.54 Å². The Balaban J connectivity index is 1.93. The summed E-state index contributed by atoms with van der Waals surface area (Å²) in [4.78, 5) is 4.29. The summed E-state index contributed by atoms with van der Waals surface area (Å²) in [7, 11) is 0. The fraction of sp³-hybridized carbons (Fsp3) is 0.308. The van der Waals surface area contributed by atoms with Crippen LogP contribution in [0.5, 0.6) is 0 Å². The summed E-state index contributed by atoms with van der Waals surface area (Å²) in [5.41, 5.74) is 0.711. The molecule has 0 bridgehead atoms. The van der Waals surface area contributed by atoms with Crippen LogP contribution >= 0.6 is 0 Å². The Bertz CT molecular complexity index is 674. The monoisotopic (exact) mass is 258 g/mol. The molecule has 98 valence electrons. The van der Waals surface area contributed by atoms with Gasteiger partial charge in [0, 0.05) is 6.20 Å². The third kappa shape index (κ3) is 2.16. The van der Waals surface area contributed by atoms with Crippen molar-refractivity contribution < 1.29 is 8.94 Å². The van der Waals surface area contributed by atoms with Crippen LogP contribution in [0.25, 0.3) is 23.0 Å². The van der Waals surface area contributed by atoms with E-state index in [1.54, 1.807) is 24.6 Å². The molecule has 0 N–H and O–H groups in total. The summed E-state index contributed by atoms with van der Waals surface area (Å²) < 4.78 is 12.3. The SMILES string of the molecule is CC(C)(C)n1cc(-c2nc(-c3ccco3)no2)cn1. The van der Waals surface area contributed by atoms with Crippen molar-refractivity contribution in [2.45, 2.75) is 26.3 Å². The molecule has 0 amide bonds. The molecule has 0 spiro atoms. The summed E-state index contributed by atoms with van der Waals surface area (Å²) in [6.07, 6.45) is 5.17. The van der Waals surface area contributed by atoms with Gasteiger partial charge in [-0.15, -0.1) is 0 Å². The number of hydrogen-bond acceptors (Lipinski definition) is 5. The largest absolute Gasteiger partial charge is 0.461 e. The molecule has 3 aromatic heterocycles. The fourth-order valence-corrected chi connectivity index (χ4v) is 1.65. The molecule has 0 aliphatic carbocycles. The van der Waals surface area contributed by atoms with Gasteiger partial charge in [0.05, 0.1) is 23.6 Å². The maximum atomic E-state index is 5.23. The maximum Gasteiger partial charge on any atom is 0.261 e. The molecule has 6 nitrogen and oxygen atoms in total. The van der Waals surface area contributed by atoms with Crippen LogP contribution in [0.1, 0.15) is 20.8 Å². The summed E-state index contributed by atoms with van der Waals surface area (Å²) in [5, 5.41) is 8.19. The van der Waals surface area contributed by atoms with Gasteiger partial charge in [0.2, 0.25) is 5.82 Å². The van der Waals surface area contributed by atoms with E-state index in [0.717, 1.165) is 5.56 Å². The minimum absolute atomic E-state index is 0.0812. The molecule has 19 heavy (non-hydrogen) atoms. The van der Waals surface area contributed by atoms with E-state index < -0.39 is 0 Å². The normalized spacial score (nSPS) is 11.9. The first-order chi connectivity index (χ1) is 9.04. The van der Waals surface area contributed by atoms with E-state index in [4.69, 9.17) is 8.94 Å². The molecule has 0 aliphatic rings. The van der Waals surface area contributed by atoms with Gasteiger partial charge in [-0.3, -0.25) is 4.68 Å². The molecule has 0 aliphatic heterocycles. The van der Waals surface area contributed by atoms with Gasteiger partial charge in [0.1, 0.15) is 0 Å². The van der Waals surface area contributed by atoms with E-state index in [0.29, 0.717) is 17.5 Å². The van der Waals surface area contributed by atoms with Crippen LogP contribution < -0.4 is 0 Å². The van der Waals surface area contributed by atoms with Crippen molar-refractivity contribution in [3.63, 3.8) is 0 Å². The van der Waals surface area contributed by atoms with Gasteiger partial charge >= 0.3 is 0 Å². The van der Waals surface area contributed by atoms with Crippen molar-refractivity contribution in [3.05, 3.63) is 30.8 Å². The van der Waals surface area contributed by atoms with E-state index in [1.807, 2.05) is 10.9 Å². The molecule has 0 saturated heterocycles. The van der Waals surface area contributed by atoms with Crippen molar-refractivity contribution in [2.24, 2.45) is 0 Å². The smallest absolute Gasteiger partial charge is 0.261 e. The number of furan rings is 1. The topological polar surface area (TPSA) is 69.9 Å². The first-order valence-electron chi connectivity index (χ1n) is 5.97. The Hall–Kier alpha value is -2.37. The van der Waals surface area contributed by atoms with Crippen molar-refractivity contribution in [1.82, 2.24) is 19.9 Å². The van der Waals surface area contributed by atoms with Crippen molar-refractivity contribution in [2.75, 3.05) is 0 Å². The molecule has 3 heterocycles. The Labute approximate surface area is 110 Å². The number of nitrogens with zero attached hydrogens (tertiary/aromatic N) is 4. The summed E-state index contributed by atoms with van der Waals surface area (Å²) in [5.74, 6) is 1.45. The number of hydrogen-bond donors (Lipinski definition) is 0. The highest BCUT2D eigenvalue weighted by molar-refractivity contribution is 5.54. The van der Waals surface area contributed by atoms with Gasteiger partial charge in [-0.2, -0.15) is 10.1 Å². The molecule has 0 saturated carbocycles. The lowest BCUT2D eigenvalue weighted by atomic mass is 10.1. The molecule has 0 aromatic carbocycles. The van der Waals surface area contributed by atoms with Crippen molar-refractivity contribution in [3.8, 4) is 23.0 Å². The second kappa shape index (κ2) is 4.08. The highest BCUT2D eigenvalue weighted by Gasteiger charge is 2.18. The summed E-state index contributed by atoms with van der Waals surface area (Å²) in [6, 6.07) is 3.57. The molecule has 0 radical (unpaired) electrons. The Kier molecular flexibility index (Phi) is 2.51. The average Bonchev–Trinajstić information content (AvgIpc) is 3.10. The average molecular weight is 258 g/mol. The van der Waals surface area contributed by atoms with Crippen LogP contribution in [0.2, 0.25) is 0 Å². The van der Waals surface area contributed by atoms with E-state index >= 15 is 0 Å². The second-order valence-electron chi connectivity index (χ2n) is 5.24. The van der Waals surface area contributed by atoms with E-state index in [1.165, 1.54) is 0 Å². The first-order valence-corrected chi connectivity index (χ1v) is 5.97. The van der Waals surface area contributed by atoms with E-state index in [2.05, 4.69) is 36.0 Å². The van der Waals surface area contributed by atoms with Gasteiger partial charge in [-0.05, 0) is 32.9 Å². The van der Waals surface area contributed by atoms with Gasteiger partial charge in [-0.25, -0.2) is 0 Å². The van der Waals surface area contributed by atoms with Gasteiger partial charge in [0.25, 0.3) is 5.89 Å². The summed E-state index contributed by atoms with van der Waals surface area (Å²) in [6.45, 7) is 6.23. The molecule has 0 fully saturated rings. The highest BCUT2D eigenvalue weighted by atomic mass is 16.5. The third-order valence-corrected chi connectivity index (χ3v) is 2.68. The zero-order valence-electron chi connectivity index (χ0n) is 11.0. The highest BCUT2D eigenvalue weighted by Crippen LogP contribution is 2.23. The van der Waals surface area contributed by atoms with Crippen LogP contribution in [0.3, 0.4) is 0 Å². The Morgan fingerprint density at radius 1 is 1.26 bits per heavy atom. The molecule has 3 aromatic rings. The lowest BCUT2D eigenvalue weighted by Crippen LogP contribution is -2.21. The lowest BCUT2D eigenvalue weighted by molar-refractivity contribution is 0.355. The first kappa shape index (κ1) is 11.7. The van der Waals surface area contributed by atoms with Crippen molar-refractivity contribution >= 4 is 0 Å². The van der Waals surface area contributed by atoms with Crippen LogP contribution in [0.4, 0.5) is 0 Å². The lowest BCUT2D eigenvalue weighted by Gasteiger charge is -2.18.